The van der Waals surface area contributed by atoms with Crippen LogP contribution in [0.3, 0.4) is 0 Å². The Kier molecular flexibility index (Phi) is 8.06. The van der Waals surface area contributed by atoms with Gasteiger partial charge in [-0.1, -0.05) is 46.0 Å². The first-order chi connectivity index (χ1) is 8.70. The van der Waals surface area contributed by atoms with Crippen LogP contribution in [0.1, 0.15) is 65.2 Å². The van der Waals surface area contributed by atoms with Crippen LogP contribution in [0.2, 0.25) is 0 Å². The van der Waals surface area contributed by atoms with Gasteiger partial charge < -0.3 is 10.6 Å². The van der Waals surface area contributed by atoms with Crippen molar-refractivity contribution in [1.82, 2.24) is 10.6 Å². The first kappa shape index (κ1) is 15.5. The summed E-state index contributed by atoms with van der Waals surface area (Å²) in [5.41, 5.74) is 0. The fourth-order valence-electron chi connectivity index (χ4n) is 2.44. The van der Waals surface area contributed by atoms with Crippen LogP contribution in [0.15, 0.2) is 0 Å². The van der Waals surface area contributed by atoms with Crippen LogP contribution in [0.5, 0.6) is 0 Å². The van der Waals surface area contributed by atoms with Gasteiger partial charge in [0, 0.05) is 6.54 Å². The average Bonchev–Trinajstić information content (AvgIpc) is 2.38. The van der Waals surface area contributed by atoms with Crippen LogP contribution in [0.4, 0.5) is 0 Å². The summed E-state index contributed by atoms with van der Waals surface area (Å²) in [6.07, 6.45) is 9.71. The topological polar surface area (TPSA) is 41.1 Å². The second-order valence-corrected chi connectivity index (χ2v) is 5.89. The molecule has 18 heavy (non-hydrogen) atoms. The molecule has 0 radical (unpaired) electrons. The lowest BCUT2D eigenvalue weighted by Gasteiger charge is -2.22. The van der Waals surface area contributed by atoms with Gasteiger partial charge in [0.15, 0.2) is 0 Å². The lowest BCUT2D eigenvalue weighted by molar-refractivity contribution is -0.123. The molecule has 1 amide bonds. The number of piperidine rings is 1. The van der Waals surface area contributed by atoms with E-state index in [1.165, 1.54) is 38.5 Å². The van der Waals surface area contributed by atoms with Gasteiger partial charge in [0.05, 0.1) is 6.04 Å². The zero-order valence-electron chi connectivity index (χ0n) is 12.1. The van der Waals surface area contributed by atoms with Gasteiger partial charge in [0.2, 0.25) is 5.91 Å². The van der Waals surface area contributed by atoms with Crippen LogP contribution in [0, 0.1) is 5.92 Å². The highest BCUT2D eigenvalue weighted by atomic mass is 16.2. The number of carbonyl (C=O) groups is 1. The molecule has 0 aliphatic carbocycles. The normalized spacial score (nSPS) is 20.1. The number of nitrogens with one attached hydrogen (secondary N) is 2. The van der Waals surface area contributed by atoms with E-state index in [1.54, 1.807) is 0 Å². The van der Waals surface area contributed by atoms with Crippen LogP contribution in [-0.2, 0) is 4.79 Å². The van der Waals surface area contributed by atoms with Crippen LogP contribution in [0.25, 0.3) is 0 Å². The van der Waals surface area contributed by atoms with Gasteiger partial charge in [-0.05, 0) is 31.7 Å². The molecule has 1 fully saturated rings. The van der Waals surface area contributed by atoms with E-state index in [9.17, 15) is 4.79 Å². The summed E-state index contributed by atoms with van der Waals surface area (Å²) in [5.74, 6) is 1.03. The Bertz CT molecular complexity index is 223. The summed E-state index contributed by atoms with van der Waals surface area (Å²) in [5, 5.41) is 6.33. The lowest BCUT2D eigenvalue weighted by Crippen LogP contribution is -2.46. The van der Waals surface area contributed by atoms with Gasteiger partial charge in [-0.15, -0.1) is 0 Å². The van der Waals surface area contributed by atoms with E-state index in [4.69, 9.17) is 0 Å². The molecular weight excluding hydrogens is 224 g/mol. The smallest absolute Gasteiger partial charge is 0.237 e. The number of rotatable bonds is 8. The number of hydrogen-bond acceptors (Lipinski definition) is 2. The second-order valence-electron chi connectivity index (χ2n) is 5.89. The molecule has 3 heteroatoms. The Balaban J connectivity index is 1.92. The summed E-state index contributed by atoms with van der Waals surface area (Å²) in [4.78, 5) is 11.8. The minimum Gasteiger partial charge on any atom is -0.355 e. The molecule has 0 bridgehead atoms. The third kappa shape index (κ3) is 7.00. The van der Waals surface area contributed by atoms with Crippen molar-refractivity contribution in [2.75, 3.05) is 13.1 Å². The van der Waals surface area contributed by atoms with E-state index in [0.29, 0.717) is 0 Å². The van der Waals surface area contributed by atoms with Crippen molar-refractivity contribution < 1.29 is 4.79 Å². The van der Waals surface area contributed by atoms with Crippen molar-refractivity contribution in [2.45, 2.75) is 71.3 Å². The molecule has 2 N–H and O–H groups in total. The Morgan fingerprint density at radius 3 is 2.67 bits per heavy atom. The van der Waals surface area contributed by atoms with Crippen molar-refractivity contribution in [3.05, 3.63) is 0 Å². The first-order valence-corrected chi connectivity index (χ1v) is 7.71. The molecule has 0 aromatic carbocycles. The number of hydrogen-bond donors (Lipinski definition) is 2. The van der Waals surface area contributed by atoms with Gasteiger partial charge in [-0.2, -0.15) is 0 Å². The van der Waals surface area contributed by atoms with Crippen molar-refractivity contribution in [3.63, 3.8) is 0 Å². The van der Waals surface area contributed by atoms with E-state index >= 15 is 0 Å². The Morgan fingerprint density at radius 2 is 2.00 bits per heavy atom. The summed E-state index contributed by atoms with van der Waals surface area (Å²) in [6, 6.07) is 0.0692. The predicted octanol–water partition coefficient (Wildman–Crippen LogP) is 2.85. The molecule has 1 heterocycles. The van der Waals surface area contributed by atoms with E-state index < -0.39 is 0 Å². The third-order valence-corrected chi connectivity index (χ3v) is 3.63. The van der Waals surface area contributed by atoms with Gasteiger partial charge >= 0.3 is 0 Å². The van der Waals surface area contributed by atoms with Crippen LogP contribution >= 0.6 is 0 Å². The quantitative estimate of drug-likeness (QED) is 0.654. The molecule has 1 aliphatic heterocycles. The maximum atomic E-state index is 11.8. The van der Waals surface area contributed by atoms with E-state index in [2.05, 4.69) is 24.5 Å². The SMILES string of the molecule is CC(C)CCCCCCNC(=O)[C@H]1CCCCN1. The van der Waals surface area contributed by atoms with E-state index in [0.717, 1.165) is 31.8 Å². The van der Waals surface area contributed by atoms with Crippen molar-refractivity contribution >= 4 is 5.91 Å². The molecule has 0 saturated carbocycles. The number of carbonyl (C=O) groups excluding carboxylic acids is 1. The van der Waals surface area contributed by atoms with Crippen LogP contribution < -0.4 is 10.6 Å². The molecule has 0 aromatic rings. The van der Waals surface area contributed by atoms with Crippen molar-refractivity contribution in [1.29, 1.82) is 0 Å². The summed E-state index contributed by atoms with van der Waals surface area (Å²) in [7, 11) is 0. The highest BCUT2D eigenvalue weighted by Gasteiger charge is 2.19. The summed E-state index contributed by atoms with van der Waals surface area (Å²) >= 11 is 0. The molecule has 1 saturated heterocycles. The van der Waals surface area contributed by atoms with Gasteiger partial charge in [-0.25, -0.2) is 0 Å². The maximum absolute atomic E-state index is 11.8. The molecular formula is C15H30N2O. The summed E-state index contributed by atoms with van der Waals surface area (Å²) < 4.78 is 0. The number of unbranched alkanes of at least 4 members (excludes halogenated alkanes) is 3. The predicted molar refractivity (Wildman–Crippen MR) is 76.6 cm³/mol. The first-order valence-electron chi connectivity index (χ1n) is 7.71. The minimum absolute atomic E-state index is 0.0692. The third-order valence-electron chi connectivity index (χ3n) is 3.63. The van der Waals surface area contributed by atoms with Crippen molar-refractivity contribution in [2.24, 2.45) is 5.92 Å². The largest absolute Gasteiger partial charge is 0.355 e. The average molecular weight is 254 g/mol. The molecule has 3 nitrogen and oxygen atoms in total. The van der Waals surface area contributed by atoms with Crippen LogP contribution in [-0.4, -0.2) is 25.0 Å². The fraction of sp³-hybridized carbons (Fsp3) is 0.933. The van der Waals surface area contributed by atoms with E-state index in [-0.39, 0.29) is 11.9 Å². The molecule has 1 aliphatic rings. The highest BCUT2D eigenvalue weighted by molar-refractivity contribution is 5.81. The van der Waals surface area contributed by atoms with Gasteiger partial charge in [-0.3, -0.25) is 4.79 Å². The zero-order valence-corrected chi connectivity index (χ0v) is 12.1. The molecule has 1 rings (SSSR count). The van der Waals surface area contributed by atoms with Gasteiger partial charge in [0.1, 0.15) is 0 Å². The Labute approximate surface area is 112 Å². The molecule has 0 aromatic heterocycles. The highest BCUT2D eigenvalue weighted by Crippen LogP contribution is 2.09. The lowest BCUT2D eigenvalue weighted by atomic mass is 10.0. The fourth-order valence-corrected chi connectivity index (χ4v) is 2.44. The molecule has 0 unspecified atom stereocenters. The molecule has 0 spiro atoms. The maximum Gasteiger partial charge on any atom is 0.237 e. The number of amides is 1. The zero-order chi connectivity index (χ0) is 13.2. The Morgan fingerprint density at radius 1 is 1.22 bits per heavy atom. The van der Waals surface area contributed by atoms with Gasteiger partial charge in [0.25, 0.3) is 0 Å². The summed E-state index contributed by atoms with van der Waals surface area (Å²) in [6.45, 7) is 6.39. The van der Waals surface area contributed by atoms with Crippen molar-refractivity contribution in [3.8, 4) is 0 Å². The molecule has 1 atom stereocenters. The molecule has 106 valence electrons. The monoisotopic (exact) mass is 254 g/mol. The van der Waals surface area contributed by atoms with E-state index in [1.807, 2.05) is 0 Å². The Hall–Kier alpha value is -0.570. The standard InChI is InChI=1S/C15H30N2O/c1-13(2)9-5-3-4-7-12-17-15(18)14-10-6-8-11-16-14/h13-14,16H,3-12H2,1-2H3,(H,17,18)/t14-/m1/s1. The second kappa shape index (κ2) is 9.37. The minimum atomic E-state index is 0.0692.